The normalized spacial score (nSPS) is 10.6. The number of aromatic nitrogens is 1. The minimum absolute atomic E-state index is 0.160. The van der Waals surface area contributed by atoms with Crippen LogP contribution in [0.2, 0.25) is 0 Å². The van der Waals surface area contributed by atoms with E-state index in [1.165, 1.54) is 0 Å². The maximum Gasteiger partial charge on any atom is 0.272 e. The van der Waals surface area contributed by atoms with Gasteiger partial charge in [0.1, 0.15) is 11.4 Å². The molecule has 3 aromatic rings. The second-order valence-electron chi connectivity index (χ2n) is 4.82. The van der Waals surface area contributed by atoms with Crippen LogP contribution in [0, 0.1) is 0 Å². The summed E-state index contributed by atoms with van der Waals surface area (Å²) in [6.07, 6.45) is 2.02. The predicted molar refractivity (Wildman–Crippen MR) is 91.0 cm³/mol. The van der Waals surface area contributed by atoms with E-state index in [1.54, 1.807) is 18.9 Å². The lowest BCUT2D eigenvalue weighted by Gasteiger charge is -2.04. The third-order valence-corrected chi connectivity index (χ3v) is 4.17. The molecule has 0 saturated heterocycles. The number of carbonyl (C=O) groups excluding carboxylic acids is 1. The minimum atomic E-state index is -0.160. The zero-order valence-corrected chi connectivity index (χ0v) is 13.2. The first-order valence-electron chi connectivity index (χ1n) is 6.82. The van der Waals surface area contributed by atoms with E-state index in [-0.39, 0.29) is 5.91 Å². The fourth-order valence-corrected chi connectivity index (χ4v) is 2.64. The van der Waals surface area contributed by atoms with Gasteiger partial charge >= 0.3 is 0 Å². The molecule has 0 unspecified atom stereocenters. The number of nitrogens with one attached hydrogen (secondary N) is 2. The molecule has 3 rings (SSSR count). The molecular formula is C17H16N2O2S. The Hall–Kier alpha value is -2.40. The van der Waals surface area contributed by atoms with Crippen molar-refractivity contribution in [2.45, 2.75) is 4.90 Å². The number of H-pyrrole nitrogens is 1. The van der Waals surface area contributed by atoms with Crippen molar-refractivity contribution in [2.75, 3.05) is 18.7 Å². The molecule has 0 radical (unpaired) electrons. The number of hydrogen-bond acceptors (Lipinski definition) is 3. The van der Waals surface area contributed by atoms with Crippen molar-refractivity contribution in [1.82, 2.24) is 4.98 Å². The van der Waals surface area contributed by atoms with Crippen molar-refractivity contribution in [3.8, 4) is 5.75 Å². The van der Waals surface area contributed by atoms with Crippen LogP contribution in [-0.4, -0.2) is 24.3 Å². The van der Waals surface area contributed by atoms with E-state index in [9.17, 15) is 4.79 Å². The van der Waals surface area contributed by atoms with Crippen molar-refractivity contribution >= 4 is 34.3 Å². The molecule has 22 heavy (non-hydrogen) atoms. The number of methoxy groups -OCH3 is 1. The number of ether oxygens (including phenoxy) is 1. The fraction of sp³-hybridized carbons (Fsp3) is 0.118. The van der Waals surface area contributed by atoms with Crippen LogP contribution in [0.3, 0.4) is 0 Å². The first-order chi connectivity index (χ1) is 10.7. The predicted octanol–water partition coefficient (Wildman–Crippen LogP) is 4.15. The monoisotopic (exact) mass is 312 g/mol. The molecule has 1 heterocycles. The van der Waals surface area contributed by atoms with E-state index in [0.29, 0.717) is 5.69 Å². The molecule has 0 aliphatic carbocycles. The Balaban J connectivity index is 1.81. The van der Waals surface area contributed by atoms with Gasteiger partial charge in [-0.3, -0.25) is 4.79 Å². The number of carbonyl (C=O) groups is 1. The Bertz CT molecular complexity index is 809. The van der Waals surface area contributed by atoms with Gasteiger partial charge in [-0.2, -0.15) is 0 Å². The molecule has 2 N–H and O–H groups in total. The average Bonchev–Trinajstić information content (AvgIpc) is 2.98. The highest BCUT2D eigenvalue weighted by Gasteiger charge is 2.10. The van der Waals surface area contributed by atoms with Crippen molar-refractivity contribution in [1.29, 1.82) is 0 Å². The van der Waals surface area contributed by atoms with Gasteiger partial charge in [-0.1, -0.05) is 0 Å². The number of hydrogen-bond donors (Lipinski definition) is 2. The Morgan fingerprint density at radius 3 is 2.59 bits per heavy atom. The van der Waals surface area contributed by atoms with E-state index in [2.05, 4.69) is 10.3 Å². The van der Waals surface area contributed by atoms with Crippen molar-refractivity contribution < 1.29 is 9.53 Å². The molecule has 0 saturated carbocycles. The highest BCUT2D eigenvalue weighted by molar-refractivity contribution is 7.98. The zero-order valence-electron chi connectivity index (χ0n) is 12.3. The first kappa shape index (κ1) is 14.5. The molecule has 0 fully saturated rings. The van der Waals surface area contributed by atoms with Crippen LogP contribution in [0.15, 0.2) is 53.4 Å². The van der Waals surface area contributed by atoms with Gasteiger partial charge in [-0.05, 0) is 48.7 Å². The van der Waals surface area contributed by atoms with Crippen LogP contribution in [-0.2, 0) is 0 Å². The minimum Gasteiger partial charge on any atom is -0.497 e. The van der Waals surface area contributed by atoms with E-state index < -0.39 is 0 Å². The average molecular weight is 312 g/mol. The van der Waals surface area contributed by atoms with E-state index in [4.69, 9.17) is 4.74 Å². The molecule has 5 heteroatoms. The topological polar surface area (TPSA) is 54.1 Å². The number of anilines is 1. The fourth-order valence-electron chi connectivity index (χ4n) is 2.23. The Morgan fingerprint density at radius 2 is 1.91 bits per heavy atom. The summed E-state index contributed by atoms with van der Waals surface area (Å²) in [6, 6.07) is 15.3. The van der Waals surface area contributed by atoms with Gasteiger partial charge < -0.3 is 15.0 Å². The summed E-state index contributed by atoms with van der Waals surface area (Å²) >= 11 is 1.67. The molecule has 1 amide bonds. The van der Waals surface area contributed by atoms with E-state index in [1.807, 2.05) is 54.8 Å². The highest BCUT2D eigenvalue weighted by Crippen LogP contribution is 2.22. The standard InChI is InChI=1S/C17H16N2O2S/c1-21-13-6-3-11-9-16(19-15(11)10-13)17(20)18-12-4-7-14(22-2)8-5-12/h3-10,19H,1-2H3,(H,18,20). The SMILES string of the molecule is COc1ccc2cc(C(=O)Nc3ccc(SC)cc3)[nH]c2c1. The van der Waals surface area contributed by atoms with E-state index in [0.717, 1.165) is 27.2 Å². The molecule has 0 spiro atoms. The zero-order chi connectivity index (χ0) is 15.5. The summed E-state index contributed by atoms with van der Waals surface area (Å²) in [4.78, 5) is 16.6. The second kappa shape index (κ2) is 6.15. The molecule has 0 atom stereocenters. The lowest BCUT2D eigenvalue weighted by Crippen LogP contribution is -2.11. The van der Waals surface area contributed by atoms with Crippen LogP contribution in [0.25, 0.3) is 10.9 Å². The molecule has 0 bridgehead atoms. The number of rotatable bonds is 4. The van der Waals surface area contributed by atoms with Gasteiger partial charge in [0.2, 0.25) is 0 Å². The van der Waals surface area contributed by atoms with Crippen LogP contribution < -0.4 is 10.1 Å². The second-order valence-corrected chi connectivity index (χ2v) is 5.70. The summed E-state index contributed by atoms with van der Waals surface area (Å²) in [6.45, 7) is 0. The molecular weight excluding hydrogens is 296 g/mol. The highest BCUT2D eigenvalue weighted by atomic mass is 32.2. The Labute approximate surface area is 132 Å². The van der Waals surface area contributed by atoms with Gasteiger partial charge in [0.25, 0.3) is 5.91 Å². The third kappa shape index (κ3) is 2.94. The lowest BCUT2D eigenvalue weighted by atomic mass is 10.2. The number of aromatic amines is 1. The third-order valence-electron chi connectivity index (χ3n) is 3.42. The number of amides is 1. The number of thioether (sulfide) groups is 1. The van der Waals surface area contributed by atoms with Crippen LogP contribution >= 0.6 is 11.8 Å². The van der Waals surface area contributed by atoms with Gasteiger partial charge in [-0.15, -0.1) is 11.8 Å². The quantitative estimate of drug-likeness (QED) is 0.712. The molecule has 2 aromatic carbocycles. The Kier molecular flexibility index (Phi) is 4.06. The molecule has 112 valence electrons. The van der Waals surface area contributed by atoms with Gasteiger partial charge in [0, 0.05) is 27.6 Å². The maximum atomic E-state index is 12.3. The van der Waals surface area contributed by atoms with Gasteiger partial charge in [0.15, 0.2) is 0 Å². The largest absolute Gasteiger partial charge is 0.497 e. The Morgan fingerprint density at radius 1 is 1.14 bits per heavy atom. The lowest BCUT2D eigenvalue weighted by molar-refractivity contribution is 0.102. The first-order valence-corrected chi connectivity index (χ1v) is 8.04. The summed E-state index contributed by atoms with van der Waals surface area (Å²) in [7, 11) is 1.62. The molecule has 4 nitrogen and oxygen atoms in total. The maximum absolute atomic E-state index is 12.3. The van der Waals surface area contributed by atoms with Crippen LogP contribution in [0.4, 0.5) is 5.69 Å². The number of fused-ring (bicyclic) bond motifs is 1. The summed E-state index contributed by atoms with van der Waals surface area (Å²) in [5.74, 6) is 0.598. The smallest absolute Gasteiger partial charge is 0.272 e. The summed E-state index contributed by atoms with van der Waals surface area (Å²) in [5.41, 5.74) is 2.18. The van der Waals surface area contributed by atoms with Gasteiger partial charge in [0.05, 0.1) is 7.11 Å². The molecule has 1 aromatic heterocycles. The molecule has 0 aliphatic rings. The van der Waals surface area contributed by atoms with Crippen molar-refractivity contribution in [3.63, 3.8) is 0 Å². The summed E-state index contributed by atoms with van der Waals surface area (Å²) in [5, 5.41) is 3.86. The van der Waals surface area contributed by atoms with Crippen molar-refractivity contribution in [3.05, 3.63) is 54.2 Å². The molecule has 0 aliphatic heterocycles. The van der Waals surface area contributed by atoms with Gasteiger partial charge in [-0.25, -0.2) is 0 Å². The van der Waals surface area contributed by atoms with Crippen LogP contribution in [0.5, 0.6) is 5.75 Å². The number of benzene rings is 2. The van der Waals surface area contributed by atoms with E-state index >= 15 is 0 Å². The van der Waals surface area contributed by atoms with Crippen LogP contribution in [0.1, 0.15) is 10.5 Å². The van der Waals surface area contributed by atoms with Crippen molar-refractivity contribution in [2.24, 2.45) is 0 Å². The summed E-state index contributed by atoms with van der Waals surface area (Å²) < 4.78 is 5.19.